The van der Waals surface area contributed by atoms with Gasteiger partial charge < -0.3 is 9.80 Å². The highest BCUT2D eigenvalue weighted by molar-refractivity contribution is 5.84. The van der Waals surface area contributed by atoms with Crippen LogP contribution in [0.15, 0.2) is 53.6 Å². The van der Waals surface area contributed by atoms with E-state index in [2.05, 4.69) is 9.88 Å². The van der Waals surface area contributed by atoms with E-state index in [1.807, 2.05) is 6.07 Å². The van der Waals surface area contributed by atoms with E-state index in [1.165, 1.54) is 30.0 Å². The number of hydrogen-bond acceptors (Lipinski definition) is 6. The van der Waals surface area contributed by atoms with Crippen LogP contribution in [-0.2, 0) is 27.1 Å². The van der Waals surface area contributed by atoms with Gasteiger partial charge in [0.05, 0.1) is 29.3 Å². The van der Waals surface area contributed by atoms with Crippen molar-refractivity contribution in [3.8, 4) is 0 Å². The monoisotopic (exact) mass is 556 g/mol. The number of piperazine rings is 1. The molecule has 1 unspecified atom stereocenters. The van der Waals surface area contributed by atoms with Crippen molar-refractivity contribution in [1.29, 1.82) is 0 Å². The summed E-state index contributed by atoms with van der Waals surface area (Å²) in [4.78, 5) is 58.3. The van der Waals surface area contributed by atoms with Crippen molar-refractivity contribution in [2.45, 2.75) is 51.7 Å². The molecule has 2 aromatic carbocycles. The topological polar surface area (TPSA) is 92.6 Å². The number of ketones is 2. The summed E-state index contributed by atoms with van der Waals surface area (Å²) in [7, 11) is 0. The van der Waals surface area contributed by atoms with Crippen molar-refractivity contribution in [3.05, 3.63) is 70.3 Å². The molecule has 1 saturated heterocycles. The van der Waals surface area contributed by atoms with E-state index in [1.54, 1.807) is 24.0 Å². The molecular formula is C29H31F3N4O4. The van der Waals surface area contributed by atoms with Crippen LogP contribution in [0.25, 0.3) is 10.9 Å². The Morgan fingerprint density at radius 3 is 2.20 bits per heavy atom. The molecule has 3 aromatic rings. The van der Waals surface area contributed by atoms with Gasteiger partial charge in [-0.05, 0) is 41.8 Å². The molecule has 0 aliphatic carbocycles. The lowest BCUT2D eigenvalue weighted by Crippen LogP contribution is -2.48. The lowest BCUT2D eigenvalue weighted by molar-refractivity contribution is -0.137. The van der Waals surface area contributed by atoms with E-state index in [-0.39, 0.29) is 43.3 Å². The normalized spacial score (nSPS) is 14.8. The number of benzene rings is 2. The van der Waals surface area contributed by atoms with Crippen molar-refractivity contribution in [1.82, 2.24) is 14.5 Å². The van der Waals surface area contributed by atoms with Crippen LogP contribution in [-0.4, -0.2) is 58.1 Å². The van der Waals surface area contributed by atoms with Gasteiger partial charge in [0.15, 0.2) is 5.78 Å². The number of nitrogens with zero attached hydrogens (tertiary/aromatic N) is 4. The van der Waals surface area contributed by atoms with Crippen LogP contribution >= 0.6 is 0 Å². The highest BCUT2D eigenvalue weighted by atomic mass is 19.4. The smallest absolute Gasteiger partial charge is 0.368 e. The maximum atomic E-state index is 13.3. The number of halogens is 3. The molecule has 1 aliphatic rings. The van der Waals surface area contributed by atoms with Crippen molar-refractivity contribution in [3.63, 3.8) is 0 Å². The van der Waals surface area contributed by atoms with Gasteiger partial charge in [0, 0.05) is 58.1 Å². The van der Waals surface area contributed by atoms with Crippen LogP contribution < -0.4 is 10.5 Å². The fourth-order valence-corrected chi connectivity index (χ4v) is 4.94. The molecule has 1 aliphatic heterocycles. The molecule has 212 valence electrons. The number of carbonyl (C=O) groups is 3. The van der Waals surface area contributed by atoms with Gasteiger partial charge in [-0.3, -0.25) is 23.7 Å². The van der Waals surface area contributed by atoms with Gasteiger partial charge in [-0.2, -0.15) is 13.2 Å². The highest BCUT2D eigenvalue weighted by Gasteiger charge is 2.30. The first-order chi connectivity index (χ1) is 19.0. The van der Waals surface area contributed by atoms with Gasteiger partial charge in [-0.25, -0.2) is 4.98 Å². The highest BCUT2D eigenvalue weighted by Crippen LogP contribution is 2.32. The predicted molar refractivity (Wildman–Crippen MR) is 144 cm³/mol. The van der Waals surface area contributed by atoms with Crippen molar-refractivity contribution in [2.24, 2.45) is 0 Å². The first-order valence-corrected chi connectivity index (χ1v) is 13.2. The SMILES string of the molecule is CCC(=O)CC(CC(=O)Cn1cnc2ccc(N3CCN(C(C)=O)CC3)cc2c1=O)c1ccc(C(F)(F)F)cc1. The van der Waals surface area contributed by atoms with E-state index >= 15 is 0 Å². The third kappa shape index (κ3) is 6.75. The van der Waals surface area contributed by atoms with Gasteiger partial charge in [0.1, 0.15) is 5.78 Å². The number of fused-ring (bicyclic) bond motifs is 1. The van der Waals surface area contributed by atoms with Gasteiger partial charge in [0.2, 0.25) is 5.91 Å². The average Bonchev–Trinajstić information content (AvgIpc) is 2.93. The van der Waals surface area contributed by atoms with Crippen LogP contribution in [0.4, 0.5) is 18.9 Å². The minimum absolute atomic E-state index is 0.0126. The van der Waals surface area contributed by atoms with E-state index < -0.39 is 23.2 Å². The molecule has 1 aromatic heterocycles. The summed E-state index contributed by atoms with van der Waals surface area (Å²) < 4.78 is 40.2. The third-order valence-corrected chi connectivity index (χ3v) is 7.30. The van der Waals surface area contributed by atoms with Gasteiger partial charge in [0.25, 0.3) is 5.56 Å². The summed E-state index contributed by atoms with van der Waals surface area (Å²) in [6.07, 6.45) is -3.04. The summed E-state index contributed by atoms with van der Waals surface area (Å²) >= 11 is 0. The Balaban J connectivity index is 1.52. The van der Waals surface area contributed by atoms with Crippen LogP contribution in [0.5, 0.6) is 0 Å². The fourth-order valence-electron chi connectivity index (χ4n) is 4.94. The molecule has 4 rings (SSSR count). The molecule has 8 nitrogen and oxygen atoms in total. The van der Waals surface area contributed by atoms with Crippen molar-refractivity contribution < 1.29 is 27.6 Å². The number of hydrogen-bond donors (Lipinski definition) is 0. The second kappa shape index (κ2) is 12.0. The summed E-state index contributed by atoms with van der Waals surface area (Å²) in [5, 5.41) is 0.349. The zero-order valence-corrected chi connectivity index (χ0v) is 22.4. The Morgan fingerprint density at radius 2 is 1.60 bits per heavy atom. The fraction of sp³-hybridized carbons (Fsp3) is 0.414. The van der Waals surface area contributed by atoms with E-state index in [4.69, 9.17) is 0 Å². The van der Waals surface area contributed by atoms with Gasteiger partial charge in [-0.1, -0.05) is 19.1 Å². The Hall–Kier alpha value is -4.02. The number of anilines is 1. The molecular weight excluding hydrogens is 525 g/mol. The van der Waals surface area contributed by atoms with Crippen molar-refractivity contribution >= 4 is 34.1 Å². The lowest BCUT2D eigenvalue weighted by Gasteiger charge is -2.35. The molecule has 0 spiro atoms. The minimum Gasteiger partial charge on any atom is -0.368 e. The van der Waals surface area contributed by atoms with E-state index in [9.17, 15) is 32.3 Å². The zero-order chi connectivity index (χ0) is 29.0. The second-order valence-electron chi connectivity index (χ2n) is 10.0. The Labute approximate surface area is 229 Å². The first-order valence-electron chi connectivity index (χ1n) is 13.2. The molecule has 1 fully saturated rings. The molecule has 0 radical (unpaired) electrons. The summed E-state index contributed by atoms with van der Waals surface area (Å²) in [5.74, 6) is -1.03. The minimum atomic E-state index is -4.49. The molecule has 0 N–H and O–H groups in total. The maximum absolute atomic E-state index is 13.3. The van der Waals surface area contributed by atoms with Crippen LogP contribution in [0, 0.1) is 0 Å². The van der Waals surface area contributed by atoms with E-state index in [0.29, 0.717) is 42.6 Å². The Morgan fingerprint density at radius 1 is 0.950 bits per heavy atom. The number of rotatable bonds is 9. The van der Waals surface area contributed by atoms with Gasteiger partial charge in [-0.15, -0.1) is 0 Å². The molecule has 0 bridgehead atoms. The zero-order valence-electron chi connectivity index (χ0n) is 22.4. The molecule has 11 heteroatoms. The van der Waals surface area contributed by atoms with Crippen LogP contribution in [0.2, 0.25) is 0 Å². The lowest BCUT2D eigenvalue weighted by atomic mass is 9.88. The molecule has 1 amide bonds. The number of carbonyl (C=O) groups excluding carboxylic acids is 3. The van der Waals surface area contributed by atoms with Crippen LogP contribution in [0.3, 0.4) is 0 Å². The Bertz CT molecular complexity index is 1460. The van der Waals surface area contributed by atoms with Crippen LogP contribution in [0.1, 0.15) is 50.2 Å². The summed E-state index contributed by atoms with van der Waals surface area (Å²) in [5.41, 5.74) is 0.562. The standard InChI is InChI=1S/C29H31F3N4O4/c1-3-24(38)14-21(20-4-6-22(7-5-20)29(30,31)32)15-25(39)17-36-18-33-27-9-8-23(16-26(27)28(36)40)35-12-10-34(11-13-35)19(2)37/h4-9,16,18,21H,3,10-15,17H2,1-2H3. The maximum Gasteiger partial charge on any atom is 0.416 e. The number of alkyl halides is 3. The number of amides is 1. The average molecular weight is 557 g/mol. The molecule has 40 heavy (non-hydrogen) atoms. The summed E-state index contributed by atoms with van der Waals surface area (Å²) in [6, 6.07) is 9.83. The second-order valence-corrected chi connectivity index (χ2v) is 10.0. The van der Waals surface area contributed by atoms with Crippen molar-refractivity contribution in [2.75, 3.05) is 31.1 Å². The predicted octanol–water partition coefficient (Wildman–Crippen LogP) is 4.20. The van der Waals surface area contributed by atoms with Gasteiger partial charge >= 0.3 is 6.18 Å². The van der Waals surface area contributed by atoms with E-state index in [0.717, 1.165) is 17.8 Å². The number of Topliss-reactive ketones (excluding diaryl/α,β-unsaturated/α-hetero) is 2. The molecule has 0 saturated carbocycles. The summed E-state index contributed by atoms with van der Waals surface area (Å²) in [6.45, 7) is 5.36. The first kappa shape index (κ1) is 29.0. The molecule has 1 atom stereocenters. The molecule has 2 heterocycles. The Kier molecular flexibility index (Phi) is 8.70. The third-order valence-electron chi connectivity index (χ3n) is 7.30. The quantitative estimate of drug-likeness (QED) is 0.393. The number of aromatic nitrogens is 2. The largest absolute Gasteiger partial charge is 0.416 e.